The number of nitrogen functional groups attached to an aromatic ring is 1. The number of nitrogens with zero attached hydrogens (tertiary/aromatic N) is 3. The summed E-state index contributed by atoms with van der Waals surface area (Å²) >= 11 is 0. The van der Waals surface area contributed by atoms with Gasteiger partial charge in [0.1, 0.15) is 5.82 Å². The molecule has 1 saturated heterocycles. The Morgan fingerprint density at radius 3 is 2.75 bits per heavy atom. The average Bonchev–Trinajstić information content (AvgIpc) is 2.55. The van der Waals surface area contributed by atoms with Crippen LogP contribution in [0.2, 0.25) is 0 Å². The highest BCUT2D eigenvalue weighted by atomic mass is 15.2. The summed E-state index contributed by atoms with van der Waals surface area (Å²) in [6.45, 7) is 6.93. The molecular formula is C12H22N4. The number of likely N-dealkylation sites (N-methyl/N-ethyl adjacent to an activating group) is 1. The molecule has 1 fully saturated rings. The zero-order valence-corrected chi connectivity index (χ0v) is 10.4. The third-order valence-electron chi connectivity index (χ3n) is 3.56. The van der Waals surface area contributed by atoms with Crippen LogP contribution in [0.1, 0.15) is 26.3 Å². The molecule has 4 nitrogen and oxygen atoms in total. The van der Waals surface area contributed by atoms with E-state index in [1.807, 2.05) is 12.5 Å². The van der Waals surface area contributed by atoms with Crippen LogP contribution in [0.15, 0.2) is 12.5 Å². The molecule has 4 heteroatoms. The molecule has 0 bridgehead atoms. The molecule has 1 aromatic rings. The predicted molar refractivity (Wildman–Crippen MR) is 66.1 cm³/mol. The Kier molecular flexibility index (Phi) is 3.19. The van der Waals surface area contributed by atoms with Crippen molar-refractivity contribution in [3.63, 3.8) is 0 Å². The van der Waals surface area contributed by atoms with Crippen LogP contribution >= 0.6 is 0 Å². The van der Waals surface area contributed by atoms with Crippen molar-refractivity contribution in [1.82, 2.24) is 14.5 Å². The van der Waals surface area contributed by atoms with Crippen molar-refractivity contribution in [2.75, 3.05) is 25.9 Å². The molecule has 0 saturated carbocycles. The molecule has 2 heterocycles. The Hall–Kier alpha value is -1.03. The molecule has 2 N–H and O–H groups in total. The van der Waals surface area contributed by atoms with Crippen molar-refractivity contribution >= 4 is 5.82 Å². The first kappa shape index (κ1) is 11.5. The Labute approximate surface area is 97.4 Å². The minimum Gasteiger partial charge on any atom is -0.382 e. The molecule has 0 amide bonds. The van der Waals surface area contributed by atoms with E-state index in [1.54, 1.807) is 0 Å². The quantitative estimate of drug-likeness (QED) is 0.785. The lowest BCUT2D eigenvalue weighted by Gasteiger charge is -2.25. The fourth-order valence-corrected chi connectivity index (χ4v) is 2.89. The van der Waals surface area contributed by atoms with Gasteiger partial charge in [0.25, 0.3) is 0 Å². The van der Waals surface area contributed by atoms with Crippen LogP contribution in [0.25, 0.3) is 0 Å². The number of hydrogen-bond acceptors (Lipinski definition) is 3. The van der Waals surface area contributed by atoms with Crippen molar-refractivity contribution in [1.29, 1.82) is 0 Å². The van der Waals surface area contributed by atoms with Crippen molar-refractivity contribution in [3.05, 3.63) is 12.5 Å². The molecule has 1 aliphatic heterocycles. The van der Waals surface area contributed by atoms with Crippen LogP contribution in [-0.2, 0) is 0 Å². The maximum Gasteiger partial charge on any atom is 0.141 e. The van der Waals surface area contributed by atoms with E-state index in [0.717, 1.165) is 12.5 Å². The van der Waals surface area contributed by atoms with Crippen LogP contribution in [0.5, 0.6) is 0 Å². The Bertz CT molecular complexity index is 347. The van der Waals surface area contributed by atoms with E-state index >= 15 is 0 Å². The summed E-state index contributed by atoms with van der Waals surface area (Å²) in [5.41, 5.74) is 5.69. The van der Waals surface area contributed by atoms with Gasteiger partial charge in [-0.05, 0) is 25.3 Å². The zero-order chi connectivity index (χ0) is 11.7. The zero-order valence-electron chi connectivity index (χ0n) is 10.4. The number of hydrogen-bond donors (Lipinski definition) is 1. The van der Waals surface area contributed by atoms with Crippen LogP contribution in [0.4, 0.5) is 5.82 Å². The Morgan fingerprint density at radius 1 is 1.38 bits per heavy atom. The third-order valence-corrected chi connectivity index (χ3v) is 3.56. The van der Waals surface area contributed by atoms with Crippen molar-refractivity contribution in [3.8, 4) is 0 Å². The molecule has 0 aromatic carbocycles. The first-order chi connectivity index (χ1) is 7.56. The van der Waals surface area contributed by atoms with Gasteiger partial charge in [0.05, 0.1) is 6.33 Å². The molecule has 90 valence electrons. The van der Waals surface area contributed by atoms with Gasteiger partial charge in [0, 0.05) is 25.3 Å². The lowest BCUT2D eigenvalue weighted by Crippen LogP contribution is -2.28. The third kappa shape index (κ3) is 2.38. The van der Waals surface area contributed by atoms with Crippen molar-refractivity contribution in [2.45, 2.75) is 26.3 Å². The molecule has 16 heavy (non-hydrogen) atoms. The van der Waals surface area contributed by atoms with Gasteiger partial charge in [0.15, 0.2) is 0 Å². The molecule has 3 unspecified atom stereocenters. The Morgan fingerprint density at radius 2 is 2.12 bits per heavy atom. The standard InChI is InChI=1S/C12H22N4/c1-9-4-10(2)11(6-15(3)5-9)16-7-12(13)14-8-16/h7-11H,4-6,13H2,1-3H3. The molecule has 0 aliphatic carbocycles. The van der Waals surface area contributed by atoms with Crippen molar-refractivity contribution < 1.29 is 0 Å². The minimum atomic E-state index is 0.500. The molecule has 1 aromatic heterocycles. The summed E-state index contributed by atoms with van der Waals surface area (Å²) in [6, 6.07) is 0.500. The maximum atomic E-state index is 5.69. The number of anilines is 1. The van der Waals surface area contributed by atoms with E-state index in [4.69, 9.17) is 5.73 Å². The summed E-state index contributed by atoms with van der Waals surface area (Å²) in [6.07, 6.45) is 5.08. The van der Waals surface area contributed by atoms with E-state index in [0.29, 0.717) is 17.8 Å². The van der Waals surface area contributed by atoms with Crippen LogP contribution in [0, 0.1) is 11.8 Å². The first-order valence-electron chi connectivity index (χ1n) is 6.03. The topological polar surface area (TPSA) is 47.1 Å². The van der Waals surface area contributed by atoms with Gasteiger partial charge in [0.2, 0.25) is 0 Å². The van der Waals surface area contributed by atoms with E-state index in [1.165, 1.54) is 13.0 Å². The smallest absolute Gasteiger partial charge is 0.141 e. The number of likely N-dealkylation sites (tertiary alicyclic amines) is 1. The highest BCUT2D eigenvalue weighted by Crippen LogP contribution is 2.29. The van der Waals surface area contributed by atoms with Crippen LogP contribution in [0.3, 0.4) is 0 Å². The molecule has 0 spiro atoms. The maximum absolute atomic E-state index is 5.69. The van der Waals surface area contributed by atoms with Gasteiger partial charge in [-0.15, -0.1) is 0 Å². The lowest BCUT2D eigenvalue weighted by atomic mass is 9.93. The van der Waals surface area contributed by atoms with E-state index in [9.17, 15) is 0 Å². The Balaban J connectivity index is 2.18. The summed E-state index contributed by atoms with van der Waals surface area (Å²) in [7, 11) is 2.20. The highest BCUT2D eigenvalue weighted by Gasteiger charge is 2.26. The predicted octanol–water partition coefficient (Wildman–Crippen LogP) is 1.61. The van der Waals surface area contributed by atoms with E-state index < -0.39 is 0 Å². The summed E-state index contributed by atoms with van der Waals surface area (Å²) in [5, 5.41) is 0. The van der Waals surface area contributed by atoms with Crippen molar-refractivity contribution in [2.24, 2.45) is 11.8 Å². The number of rotatable bonds is 1. The largest absolute Gasteiger partial charge is 0.382 e. The number of aromatic nitrogens is 2. The van der Waals surface area contributed by atoms with Crippen LogP contribution in [-0.4, -0.2) is 34.6 Å². The van der Waals surface area contributed by atoms with E-state index in [2.05, 4.69) is 35.3 Å². The normalized spacial score (nSPS) is 32.6. The second-order valence-corrected chi connectivity index (χ2v) is 5.35. The summed E-state index contributed by atoms with van der Waals surface area (Å²) in [4.78, 5) is 6.53. The first-order valence-corrected chi connectivity index (χ1v) is 6.03. The van der Waals surface area contributed by atoms with Crippen LogP contribution < -0.4 is 5.73 Å². The fourth-order valence-electron chi connectivity index (χ4n) is 2.89. The number of nitrogens with two attached hydrogens (primary N) is 1. The molecule has 0 radical (unpaired) electrons. The van der Waals surface area contributed by atoms with E-state index in [-0.39, 0.29) is 0 Å². The van der Waals surface area contributed by atoms with Gasteiger partial charge >= 0.3 is 0 Å². The van der Waals surface area contributed by atoms with Gasteiger partial charge in [-0.3, -0.25) is 0 Å². The summed E-state index contributed by atoms with van der Waals surface area (Å²) < 4.78 is 2.18. The number of imidazole rings is 1. The van der Waals surface area contributed by atoms with Gasteiger partial charge in [-0.1, -0.05) is 13.8 Å². The average molecular weight is 222 g/mol. The van der Waals surface area contributed by atoms with Gasteiger partial charge in [-0.25, -0.2) is 4.98 Å². The monoisotopic (exact) mass is 222 g/mol. The molecule has 1 aliphatic rings. The fraction of sp³-hybridized carbons (Fsp3) is 0.750. The second kappa shape index (κ2) is 4.45. The summed E-state index contributed by atoms with van der Waals surface area (Å²) in [5.74, 6) is 2.06. The second-order valence-electron chi connectivity index (χ2n) is 5.35. The lowest BCUT2D eigenvalue weighted by molar-refractivity contribution is 0.264. The van der Waals surface area contributed by atoms with Gasteiger partial charge < -0.3 is 15.2 Å². The minimum absolute atomic E-state index is 0.500. The highest BCUT2D eigenvalue weighted by molar-refractivity contribution is 5.23. The molecule has 3 atom stereocenters. The SMILES string of the molecule is CC1CC(C)C(n2cnc(N)c2)CN(C)C1. The van der Waals surface area contributed by atoms with Gasteiger partial charge in [-0.2, -0.15) is 0 Å². The molecular weight excluding hydrogens is 200 g/mol. The molecule has 2 rings (SSSR count).